The van der Waals surface area contributed by atoms with Crippen LogP contribution in [0.25, 0.3) is 0 Å². The van der Waals surface area contributed by atoms with E-state index in [1.165, 1.54) is 6.42 Å². The normalized spacial score (nSPS) is 18.3. The Kier molecular flexibility index (Phi) is 1.92. The molecule has 1 radical (unpaired) electrons. The van der Waals surface area contributed by atoms with E-state index in [1.54, 1.807) is 7.05 Å². The van der Waals surface area contributed by atoms with Crippen LogP contribution in [0.15, 0.2) is 0 Å². The van der Waals surface area contributed by atoms with Crippen LogP contribution in [0, 0.1) is 0 Å². The van der Waals surface area contributed by atoms with Gasteiger partial charge in [-0.3, -0.25) is 0 Å². The van der Waals surface area contributed by atoms with Gasteiger partial charge < -0.3 is 5.32 Å². The van der Waals surface area contributed by atoms with E-state index in [9.17, 15) is 4.79 Å². The molecule has 9 heavy (non-hydrogen) atoms. The lowest BCUT2D eigenvalue weighted by molar-refractivity contribution is 0.229. The Morgan fingerprint density at radius 1 is 1.67 bits per heavy atom. The van der Waals surface area contributed by atoms with Gasteiger partial charge in [-0.15, -0.1) is 0 Å². The number of hydrogen-bond donors (Lipinski definition) is 1. The smallest absolute Gasteiger partial charge is 0.336 e. The number of hydrogen-bond acceptors (Lipinski definition) is 1. The second kappa shape index (κ2) is 2.71. The largest absolute Gasteiger partial charge is 0.340 e. The Bertz CT molecular complexity index is 110. The molecule has 0 heterocycles. The van der Waals surface area contributed by atoms with Gasteiger partial charge in [0, 0.05) is 7.05 Å². The first-order valence-corrected chi connectivity index (χ1v) is 3.25. The lowest BCUT2D eigenvalue weighted by atomic mass is 9.93. The SMILES string of the molecule is CNC(=O)[N]C1CCC1. The molecule has 1 fully saturated rings. The van der Waals surface area contributed by atoms with Crippen molar-refractivity contribution in [2.24, 2.45) is 0 Å². The molecule has 0 aromatic rings. The third-order valence-electron chi connectivity index (χ3n) is 1.59. The lowest BCUT2D eigenvalue weighted by Crippen LogP contribution is -2.38. The minimum atomic E-state index is -0.181. The number of amides is 2. The summed E-state index contributed by atoms with van der Waals surface area (Å²) < 4.78 is 0. The molecule has 0 aromatic carbocycles. The molecule has 1 N–H and O–H groups in total. The number of urea groups is 1. The highest BCUT2D eigenvalue weighted by atomic mass is 16.2. The molecule has 1 rings (SSSR count). The van der Waals surface area contributed by atoms with Crippen molar-refractivity contribution in [2.75, 3.05) is 7.05 Å². The van der Waals surface area contributed by atoms with Gasteiger partial charge in [-0.05, 0) is 19.3 Å². The van der Waals surface area contributed by atoms with Crippen LogP contribution in [0.3, 0.4) is 0 Å². The summed E-state index contributed by atoms with van der Waals surface area (Å²) >= 11 is 0. The lowest BCUT2D eigenvalue weighted by Gasteiger charge is -2.23. The molecule has 3 nitrogen and oxygen atoms in total. The molecular formula is C6H11N2O. The van der Waals surface area contributed by atoms with Crippen LogP contribution in [-0.4, -0.2) is 19.1 Å². The van der Waals surface area contributed by atoms with Crippen molar-refractivity contribution >= 4 is 6.03 Å². The molecule has 0 saturated heterocycles. The molecule has 51 valence electrons. The second-order valence-electron chi connectivity index (χ2n) is 2.27. The van der Waals surface area contributed by atoms with Crippen molar-refractivity contribution in [3.8, 4) is 0 Å². The number of nitrogens with one attached hydrogen (secondary N) is 1. The van der Waals surface area contributed by atoms with Crippen LogP contribution >= 0.6 is 0 Å². The number of carbonyl (C=O) groups excluding carboxylic acids is 1. The van der Waals surface area contributed by atoms with Gasteiger partial charge in [-0.25, -0.2) is 10.1 Å². The Hall–Kier alpha value is -0.730. The average Bonchev–Trinajstić information content (AvgIpc) is 1.78. The van der Waals surface area contributed by atoms with Crippen molar-refractivity contribution in [1.29, 1.82) is 0 Å². The van der Waals surface area contributed by atoms with E-state index in [1.807, 2.05) is 0 Å². The third-order valence-corrected chi connectivity index (χ3v) is 1.59. The van der Waals surface area contributed by atoms with E-state index in [4.69, 9.17) is 0 Å². The van der Waals surface area contributed by atoms with Crippen molar-refractivity contribution in [2.45, 2.75) is 25.3 Å². The topological polar surface area (TPSA) is 43.2 Å². The maximum absolute atomic E-state index is 10.5. The third kappa shape index (κ3) is 1.59. The minimum absolute atomic E-state index is 0.181. The zero-order chi connectivity index (χ0) is 6.69. The van der Waals surface area contributed by atoms with Crippen LogP contribution < -0.4 is 10.6 Å². The standard InChI is InChI=1S/C6H11N2O/c1-7-6(9)8-5-3-2-4-5/h5H,2-4H2,1H3,(H,7,9). The van der Waals surface area contributed by atoms with Gasteiger partial charge in [0.25, 0.3) is 0 Å². The zero-order valence-electron chi connectivity index (χ0n) is 5.55. The summed E-state index contributed by atoms with van der Waals surface area (Å²) in [4.78, 5) is 10.5. The van der Waals surface area contributed by atoms with Crippen molar-refractivity contribution < 1.29 is 4.79 Å². The summed E-state index contributed by atoms with van der Waals surface area (Å²) in [5, 5.41) is 6.31. The van der Waals surface area contributed by atoms with E-state index in [0.717, 1.165) is 12.8 Å². The predicted molar refractivity (Wildman–Crippen MR) is 34.2 cm³/mol. The van der Waals surface area contributed by atoms with Crippen LogP contribution in [0.5, 0.6) is 0 Å². The summed E-state index contributed by atoms with van der Waals surface area (Å²) in [6.45, 7) is 0. The fraction of sp³-hybridized carbons (Fsp3) is 0.833. The molecule has 0 aliphatic heterocycles. The highest BCUT2D eigenvalue weighted by Crippen LogP contribution is 2.18. The van der Waals surface area contributed by atoms with E-state index in [2.05, 4.69) is 10.6 Å². The Labute approximate surface area is 54.8 Å². The van der Waals surface area contributed by atoms with E-state index in [-0.39, 0.29) is 6.03 Å². The maximum atomic E-state index is 10.5. The van der Waals surface area contributed by atoms with Crippen LogP contribution in [-0.2, 0) is 0 Å². The van der Waals surface area contributed by atoms with Crippen molar-refractivity contribution in [3.63, 3.8) is 0 Å². The van der Waals surface area contributed by atoms with Gasteiger partial charge >= 0.3 is 6.03 Å². The molecule has 0 bridgehead atoms. The van der Waals surface area contributed by atoms with Gasteiger partial charge in [-0.1, -0.05) is 0 Å². The maximum Gasteiger partial charge on any atom is 0.336 e. The van der Waals surface area contributed by atoms with E-state index in [0.29, 0.717) is 6.04 Å². The second-order valence-corrected chi connectivity index (χ2v) is 2.27. The first-order valence-electron chi connectivity index (χ1n) is 3.25. The van der Waals surface area contributed by atoms with Crippen molar-refractivity contribution in [3.05, 3.63) is 0 Å². The van der Waals surface area contributed by atoms with E-state index < -0.39 is 0 Å². The first kappa shape index (κ1) is 6.39. The predicted octanol–water partition coefficient (Wildman–Crippen LogP) is 0.483. The molecule has 0 unspecified atom stereocenters. The number of nitrogens with zero attached hydrogens (tertiary/aromatic N) is 1. The van der Waals surface area contributed by atoms with Gasteiger partial charge in [0.2, 0.25) is 0 Å². The fourth-order valence-electron chi connectivity index (χ4n) is 0.746. The first-order chi connectivity index (χ1) is 4.33. The molecule has 1 aliphatic carbocycles. The van der Waals surface area contributed by atoms with E-state index >= 15 is 0 Å². The van der Waals surface area contributed by atoms with Gasteiger partial charge in [-0.2, -0.15) is 0 Å². The number of carbonyl (C=O) groups is 1. The van der Waals surface area contributed by atoms with Crippen LogP contribution in [0.2, 0.25) is 0 Å². The van der Waals surface area contributed by atoms with Crippen LogP contribution in [0.1, 0.15) is 19.3 Å². The summed E-state index contributed by atoms with van der Waals surface area (Å²) in [5.74, 6) is 0. The van der Waals surface area contributed by atoms with Gasteiger partial charge in [0.15, 0.2) is 0 Å². The molecule has 0 aromatic heterocycles. The minimum Gasteiger partial charge on any atom is -0.340 e. The van der Waals surface area contributed by atoms with Gasteiger partial charge in [0.1, 0.15) is 0 Å². The highest BCUT2D eigenvalue weighted by molar-refractivity contribution is 5.73. The average molecular weight is 127 g/mol. The van der Waals surface area contributed by atoms with Gasteiger partial charge in [0.05, 0.1) is 6.04 Å². The zero-order valence-corrected chi connectivity index (χ0v) is 5.55. The molecule has 2 amide bonds. The highest BCUT2D eigenvalue weighted by Gasteiger charge is 2.20. The molecule has 0 spiro atoms. The molecule has 1 aliphatic rings. The molecule has 0 atom stereocenters. The monoisotopic (exact) mass is 127 g/mol. The van der Waals surface area contributed by atoms with Crippen LogP contribution in [0.4, 0.5) is 4.79 Å². The summed E-state index contributed by atoms with van der Waals surface area (Å²) in [5.41, 5.74) is 0. The fourth-order valence-corrected chi connectivity index (χ4v) is 0.746. The Morgan fingerprint density at radius 3 is 2.67 bits per heavy atom. The molecule has 1 saturated carbocycles. The van der Waals surface area contributed by atoms with Crippen molar-refractivity contribution in [1.82, 2.24) is 10.6 Å². The Morgan fingerprint density at radius 2 is 2.33 bits per heavy atom. The summed E-state index contributed by atoms with van der Waals surface area (Å²) in [6.07, 6.45) is 3.41. The number of rotatable bonds is 1. The quantitative estimate of drug-likeness (QED) is 0.547. The summed E-state index contributed by atoms with van der Waals surface area (Å²) in [6, 6.07) is 0.143. The molecular weight excluding hydrogens is 116 g/mol. The Balaban J connectivity index is 2.09. The summed E-state index contributed by atoms with van der Waals surface area (Å²) in [7, 11) is 1.60. The molecule has 3 heteroatoms.